The van der Waals surface area contributed by atoms with Crippen molar-refractivity contribution in [3.05, 3.63) is 62.5 Å². The minimum atomic E-state index is -0.626. The van der Waals surface area contributed by atoms with E-state index in [0.29, 0.717) is 12.3 Å². The molecule has 2 aromatic rings. The molecule has 29 heavy (non-hydrogen) atoms. The van der Waals surface area contributed by atoms with Crippen LogP contribution in [-0.2, 0) is 16.1 Å². The molecule has 0 bridgehead atoms. The minimum absolute atomic E-state index is 0.00485. The van der Waals surface area contributed by atoms with Crippen molar-refractivity contribution in [3.8, 4) is 5.75 Å². The molecule has 156 valence electrons. The zero-order chi connectivity index (χ0) is 21.6. The second kappa shape index (κ2) is 10.8. The number of amides is 2. The summed E-state index contributed by atoms with van der Waals surface area (Å²) in [4.78, 5) is 27.1. The van der Waals surface area contributed by atoms with Crippen LogP contribution in [0, 0.1) is 6.92 Å². The fraction of sp³-hybridized carbons (Fsp3) is 0.364. The summed E-state index contributed by atoms with van der Waals surface area (Å²) in [6, 6.07) is 12.6. The van der Waals surface area contributed by atoms with Crippen molar-refractivity contribution in [1.29, 1.82) is 0 Å². The van der Waals surface area contributed by atoms with Gasteiger partial charge in [0.25, 0.3) is 5.91 Å². The highest BCUT2D eigenvalue weighted by atomic mass is 79.9. The van der Waals surface area contributed by atoms with Gasteiger partial charge >= 0.3 is 0 Å². The van der Waals surface area contributed by atoms with Crippen LogP contribution in [0.25, 0.3) is 0 Å². The van der Waals surface area contributed by atoms with E-state index >= 15 is 0 Å². The van der Waals surface area contributed by atoms with Crippen LogP contribution in [0.3, 0.4) is 0 Å². The Labute approximate surface area is 189 Å². The van der Waals surface area contributed by atoms with E-state index in [2.05, 4.69) is 37.2 Å². The van der Waals surface area contributed by atoms with E-state index in [9.17, 15) is 9.59 Å². The lowest BCUT2D eigenvalue weighted by Crippen LogP contribution is -2.50. The molecule has 0 saturated carbocycles. The molecule has 5 nitrogen and oxygen atoms in total. The number of nitrogens with one attached hydrogen (secondary N) is 1. The smallest absolute Gasteiger partial charge is 0.261 e. The molecule has 1 N–H and O–H groups in total. The number of halogens is 2. The van der Waals surface area contributed by atoms with Crippen LogP contribution in [0.1, 0.15) is 31.9 Å². The number of carbonyl (C=O) groups excluding carboxylic acids is 2. The van der Waals surface area contributed by atoms with Gasteiger partial charge in [-0.15, -0.1) is 0 Å². The van der Waals surface area contributed by atoms with E-state index in [-0.39, 0.29) is 24.5 Å². The van der Waals surface area contributed by atoms with Crippen LogP contribution in [0.2, 0.25) is 0 Å². The zero-order valence-corrected chi connectivity index (χ0v) is 20.2. The predicted octanol–water partition coefficient (Wildman–Crippen LogP) is 4.84. The largest absolute Gasteiger partial charge is 0.484 e. The summed E-state index contributed by atoms with van der Waals surface area (Å²) in [6.07, 6.45) is 0. The number of carbonyl (C=O) groups is 2. The van der Waals surface area contributed by atoms with Crippen LogP contribution in [0.4, 0.5) is 0 Å². The van der Waals surface area contributed by atoms with Crippen molar-refractivity contribution < 1.29 is 14.3 Å². The molecule has 2 aromatic carbocycles. The highest BCUT2D eigenvalue weighted by Crippen LogP contribution is 2.22. The first kappa shape index (κ1) is 23.4. The summed E-state index contributed by atoms with van der Waals surface area (Å²) in [7, 11) is 0. The SMILES string of the molecule is Cc1cc(OCC(=O)N(Cc2cccc(Br)c2)[C@H](C)C(=O)NC(C)C)ccc1Br. The summed E-state index contributed by atoms with van der Waals surface area (Å²) in [5.74, 6) is 0.167. The highest BCUT2D eigenvalue weighted by Gasteiger charge is 2.27. The van der Waals surface area contributed by atoms with Gasteiger partial charge in [0.2, 0.25) is 5.91 Å². The molecular formula is C22H26Br2N2O3. The predicted molar refractivity (Wildman–Crippen MR) is 122 cm³/mol. The number of benzene rings is 2. The molecule has 2 rings (SSSR count). The molecule has 0 aromatic heterocycles. The van der Waals surface area contributed by atoms with Gasteiger partial charge in [0.1, 0.15) is 11.8 Å². The Balaban J connectivity index is 2.16. The Morgan fingerprint density at radius 1 is 1.10 bits per heavy atom. The van der Waals surface area contributed by atoms with Crippen molar-refractivity contribution in [3.63, 3.8) is 0 Å². The van der Waals surface area contributed by atoms with Crippen molar-refractivity contribution >= 4 is 43.7 Å². The lowest BCUT2D eigenvalue weighted by atomic mass is 10.1. The lowest BCUT2D eigenvalue weighted by Gasteiger charge is -2.29. The molecule has 0 radical (unpaired) electrons. The molecule has 0 aliphatic rings. The van der Waals surface area contributed by atoms with E-state index in [4.69, 9.17) is 4.74 Å². The monoisotopic (exact) mass is 524 g/mol. The van der Waals surface area contributed by atoms with Gasteiger partial charge in [-0.2, -0.15) is 0 Å². The highest BCUT2D eigenvalue weighted by molar-refractivity contribution is 9.10. The Kier molecular flexibility index (Phi) is 8.71. The summed E-state index contributed by atoms with van der Waals surface area (Å²) in [5, 5.41) is 2.87. The van der Waals surface area contributed by atoms with Gasteiger partial charge in [0.05, 0.1) is 0 Å². The van der Waals surface area contributed by atoms with E-state index in [1.54, 1.807) is 17.9 Å². The van der Waals surface area contributed by atoms with E-state index in [1.165, 1.54) is 0 Å². The molecule has 7 heteroatoms. The first-order valence-electron chi connectivity index (χ1n) is 9.40. The van der Waals surface area contributed by atoms with Crippen LogP contribution in [0.5, 0.6) is 5.75 Å². The summed E-state index contributed by atoms with van der Waals surface area (Å²) >= 11 is 6.90. The first-order chi connectivity index (χ1) is 13.7. The average molecular weight is 526 g/mol. The molecule has 0 heterocycles. The van der Waals surface area contributed by atoms with Crippen molar-refractivity contribution in [2.45, 2.75) is 46.3 Å². The fourth-order valence-electron chi connectivity index (χ4n) is 2.75. The van der Waals surface area contributed by atoms with E-state index in [0.717, 1.165) is 20.1 Å². The van der Waals surface area contributed by atoms with Gasteiger partial charge in [-0.1, -0.05) is 44.0 Å². The van der Waals surface area contributed by atoms with Crippen molar-refractivity contribution in [2.75, 3.05) is 6.61 Å². The lowest BCUT2D eigenvalue weighted by molar-refractivity contribution is -0.142. The molecule has 1 atom stereocenters. The molecule has 2 amide bonds. The van der Waals surface area contributed by atoms with Crippen molar-refractivity contribution in [2.24, 2.45) is 0 Å². The summed E-state index contributed by atoms with van der Waals surface area (Å²) < 4.78 is 7.60. The second-order valence-electron chi connectivity index (χ2n) is 7.19. The van der Waals surface area contributed by atoms with Crippen LogP contribution in [0.15, 0.2) is 51.4 Å². The number of hydrogen-bond acceptors (Lipinski definition) is 3. The Morgan fingerprint density at radius 3 is 2.45 bits per heavy atom. The van der Waals surface area contributed by atoms with Gasteiger partial charge in [-0.3, -0.25) is 9.59 Å². The topological polar surface area (TPSA) is 58.6 Å². The number of nitrogens with zero attached hydrogens (tertiary/aromatic N) is 1. The van der Waals surface area contributed by atoms with Crippen LogP contribution >= 0.6 is 31.9 Å². The molecule has 0 saturated heterocycles. The van der Waals surface area contributed by atoms with Gasteiger partial charge < -0.3 is 15.0 Å². The fourth-order valence-corrected chi connectivity index (χ4v) is 3.45. The van der Waals surface area contributed by atoms with Crippen LogP contribution < -0.4 is 10.1 Å². The number of hydrogen-bond donors (Lipinski definition) is 1. The third kappa shape index (κ3) is 7.16. The third-order valence-electron chi connectivity index (χ3n) is 4.33. The quantitative estimate of drug-likeness (QED) is 0.536. The Hall–Kier alpha value is -1.86. The second-order valence-corrected chi connectivity index (χ2v) is 8.96. The average Bonchev–Trinajstić information content (AvgIpc) is 2.65. The molecular weight excluding hydrogens is 500 g/mol. The molecule has 0 spiro atoms. The maximum atomic E-state index is 13.0. The molecule has 0 aliphatic carbocycles. The van der Waals surface area contributed by atoms with Crippen LogP contribution in [-0.4, -0.2) is 35.4 Å². The number of rotatable bonds is 8. The van der Waals surface area contributed by atoms with Gasteiger partial charge in [-0.05, 0) is 69.2 Å². The normalized spacial score (nSPS) is 11.8. The van der Waals surface area contributed by atoms with Gasteiger partial charge in [-0.25, -0.2) is 0 Å². The minimum Gasteiger partial charge on any atom is -0.484 e. The first-order valence-corrected chi connectivity index (χ1v) is 11.0. The number of ether oxygens (including phenoxy) is 1. The third-order valence-corrected chi connectivity index (χ3v) is 5.71. The van der Waals surface area contributed by atoms with Gasteiger partial charge in [0.15, 0.2) is 6.61 Å². The number of aryl methyl sites for hydroxylation is 1. The molecule has 0 aliphatic heterocycles. The van der Waals surface area contributed by atoms with Gasteiger partial charge in [0, 0.05) is 21.5 Å². The van der Waals surface area contributed by atoms with E-state index < -0.39 is 6.04 Å². The maximum absolute atomic E-state index is 13.0. The van der Waals surface area contributed by atoms with Crippen molar-refractivity contribution in [1.82, 2.24) is 10.2 Å². The molecule has 0 unspecified atom stereocenters. The maximum Gasteiger partial charge on any atom is 0.261 e. The molecule has 0 fully saturated rings. The standard InChI is InChI=1S/C22H26Br2N2O3/c1-14(2)25-22(28)16(4)26(12-17-6-5-7-18(23)11-17)21(27)13-29-19-8-9-20(24)15(3)10-19/h5-11,14,16H,12-13H2,1-4H3,(H,25,28)/t16-/m1/s1. The Bertz CT molecular complexity index is 871. The summed E-state index contributed by atoms with van der Waals surface area (Å²) in [5.41, 5.74) is 1.95. The van der Waals surface area contributed by atoms with E-state index in [1.807, 2.05) is 57.2 Å². The Morgan fingerprint density at radius 2 is 1.83 bits per heavy atom. The zero-order valence-electron chi connectivity index (χ0n) is 17.0. The summed E-state index contributed by atoms with van der Waals surface area (Å²) in [6.45, 7) is 7.64.